The van der Waals surface area contributed by atoms with Crippen LogP contribution in [-0.2, 0) is 0 Å². The van der Waals surface area contributed by atoms with Crippen molar-refractivity contribution in [1.29, 1.82) is 0 Å². The number of carbonyl (C=O) groups excluding carboxylic acids is 1. The van der Waals surface area contributed by atoms with Crippen molar-refractivity contribution in [1.82, 2.24) is 4.98 Å². The molecule has 4 aromatic rings. The number of hydrogen-bond donors (Lipinski definition) is 2. The first-order chi connectivity index (χ1) is 10.8. The van der Waals surface area contributed by atoms with E-state index in [-0.39, 0.29) is 0 Å². The van der Waals surface area contributed by atoms with E-state index in [1.54, 1.807) is 11.3 Å². The Labute approximate surface area is 135 Å². The topological polar surface area (TPSA) is 44.9 Å². The smallest absolute Gasteiger partial charge is 0.160 e. The Kier molecular flexibility index (Phi) is 3.29. The van der Waals surface area contributed by atoms with E-state index in [1.165, 1.54) is 21.6 Å². The normalized spacial score (nSPS) is 10.9. The van der Waals surface area contributed by atoms with Crippen LogP contribution in [0.3, 0.4) is 0 Å². The van der Waals surface area contributed by atoms with Crippen LogP contribution < -0.4 is 5.32 Å². The molecule has 0 amide bonds. The van der Waals surface area contributed by atoms with Crippen molar-refractivity contribution in [2.45, 2.75) is 0 Å². The van der Waals surface area contributed by atoms with E-state index in [9.17, 15) is 4.79 Å². The van der Waals surface area contributed by atoms with Gasteiger partial charge in [-0.3, -0.25) is 4.79 Å². The van der Waals surface area contributed by atoms with Crippen LogP contribution in [0.2, 0.25) is 0 Å². The van der Waals surface area contributed by atoms with Crippen LogP contribution in [0, 0.1) is 0 Å². The van der Waals surface area contributed by atoms with Crippen molar-refractivity contribution in [3.05, 3.63) is 58.9 Å². The van der Waals surface area contributed by atoms with Crippen molar-refractivity contribution < 1.29 is 4.79 Å². The molecular formula is C17H12N2OS2. The third-order valence-corrected chi connectivity index (χ3v) is 5.56. The van der Waals surface area contributed by atoms with Gasteiger partial charge in [0.1, 0.15) is 0 Å². The van der Waals surface area contributed by atoms with Crippen LogP contribution in [0.4, 0.5) is 11.4 Å². The maximum atomic E-state index is 10.8. The molecule has 0 atom stereocenters. The molecule has 0 unspecified atom stereocenters. The van der Waals surface area contributed by atoms with Crippen LogP contribution in [0.5, 0.6) is 0 Å². The average molecular weight is 324 g/mol. The number of aromatic nitrogens is 1. The monoisotopic (exact) mass is 324 g/mol. The minimum absolute atomic E-state index is 0.760. The lowest BCUT2D eigenvalue weighted by Gasteiger charge is -2.03. The maximum Gasteiger partial charge on any atom is 0.160 e. The summed E-state index contributed by atoms with van der Waals surface area (Å²) in [5.74, 6) is 0. The standard InChI is InChI=1S/C17H12N2OS2/c20-9-14-2-4-16(22-14)17-8-13(10-21-17)19-12-1-3-15-11(7-12)5-6-18-15/h1-10,18-19H. The maximum absolute atomic E-state index is 10.8. The van der Waals surface area contributed by atoms with Crippen molar-refractivity contribution in [2.75, 3.05) is 5.32 Å². The fourth-order valence-electron chi connectivity index (χ4n) is 2.38. The molecule has 0 saturated heterocycles. The van der Waals surface area contributed by atoms with Gasteiger partial charge in [0.15, 0.2) is 6.29 Å². The van der Waals surface area contributed by atoms with Gasteiger partial charge in [0.2, 0.25) is 0 Å². The second-order valence-electron chi connectivity index (χ2n) is 4.92. The molecule has 3 aromatic heterocycles. The number of thiophene rings is 2. The van der Waals surface area contributed by atoms with E-state index >= 15 is 0 Å². The summed E-state index contributed by atoms with van der Waals surface area (Å²) in [6, 6.07) is 14.3. The lowest BCUT2D eigenvalue weighted by molar-refractivity contribution is 0.112. The quantitative estimate of drug-likeness (QED) is 0.486. The molecule has 0 radical (unpaired) electrons. The van der Waals surface area contributed by atoms with Crippen molar-refractivity contribution >= 4 is 51.2 Å². The minimum atomic E-state index is 0.760. The zero-order chi connectivity index (χ0) is 14.9. The van der Waals surface area contributed by atoms with Crippen LogP contribution in [-0.4, -0.2) is 11.3 Å². The molecule has 0 aliphatic heterocycles. The molecule has 1 aromatic carbocycles. The Morgan fingerprint density at radius 3 is 2.82 bits per heavy atom. The number of benzene rings is 1. The number of hydrogen-bond acceptors (Lipinski definition) is 4. The number of rotatable bonds is 4. The number of aromatic amines is 1. The molecule has 2 N–H and O–H groups in total. The first-order valence-corrected chi connectivity index (χ1v) is 8.49. The molecule has 0 bridgehead atoms. The van der Waals surface area contributed by atoms with Gasteiger partial charge >= 0.3 is 0 Å². The van der Waals surface area contributed by atoms with Crippen LogP contribution in [0.25, 0.3) is 20.7 Å². The van der Waals surface area contributed by atoms with Crippen LogP contribution >= 0.6 is 22.7 Å². The highest BCUT2D eigenvalue weighted by Gasteiger charge is 2.06. The van der Waals surface area contributed by atoms with E-state index in [0.29, 0.717) is 0 Å². The summed E-state index contributed by atoms with van der Waals surface area (Å²) < 4.78 is 0. The molecule has 0 spiro atoms. The van der Waals surface area contributed by atoms with Gasteiger partial charge in [0.05, 0.1) is 4.88 Å². The predicted octanol–water partition coefficient (Wildman–Crippen LogP) is 5.51. The molecule has 3 nitrogen and oxygen atoms in total. The van der Waals surface area contributed by atoms with Crippen LogP contribution in [0.15, 0.2) is 54.0 Å². The number of nitrogens with one attached hydrogen (secondary N) is 2. The van der Waals surface area contributed by atoms with Gasteiger partial charge in [-0.15, -0.1) is 22.7 Å². The van der Waals surface area contributed by atoms with Crippen molar-refractivity contribution in [3.63, 3.8) is 0 Å². The predicted molar refractivity (Wildman–Crippen MR) is 94.6 cm³/mol. The second-order valence-corrected chi connectivity index (χ2v) is 6.95. The molecule has 0 fully saturated rings. The van der Waals surface area contributed by atoms with E-state index in [4.69, 9.17) is 0 Å². The van der Waals surface area contributed by atoms with Gasteiger partial charge in [-0.1, -0.05) is 0 Å². The van der Waals surface area contributed by atoms with Gasteiger partial charge in [-0.2, -0.15) is 0 Å². The fraction of sp³-hybridized carbons (Fsp3) is 0. The summed E-state index contributed by atoms with van der Waals surface area (Å²) in [5.41, 5.74) is 3.27. The Balaban J connectivity index is 1.59. The Hall–Kier alpha value is -2.37. The molecule has 22 heavy (non-hydrogen) atoms. The van der Waals surface area contributed by atoms with Crippen LogP contribution in [0.1, 0.15) is 9.67 Å². The molecule has 0 aliphatic rings. The number of carbonyl (C=O) groups is 1. The molecule has 0 aliphatic carbocycles. The summed E-state index contributed by atoms with van der Waals surface area (Å²) in [4.78, 5) is 17.0. The molecule has 0 saturated carbocycles. The van der Waals surface area contributed by atoms with Gasteiger partial charge in [0, 0.05) is 43.6 Å². The highest BCUT2D eigenvalue weighted by Crippen LogP contribution is 2.35. The molecule has 108 valence electrons. The van der Waals surface area contributed by atoms with Gasteiger partial charge in [-0.25, -0.2) is 0 Å². The van der Waals surface area contributed by atoms with Gasteiger partial charge in [0.25, 0.3) is 0 Å². The Bertz CT molecular complexity index is 948. The Morgan fingerprint density at radius 1 is 1.00 bits per heavy atom. The molecule has 4 rings (SSSR count). The second kappa shape index (κ2) is 5.44. The van der Waals surface area contributed by atoms with Crippen molar-refractivity contribution in [3.8, 4) is 9.75 Å². The summed E-state index contributed by atoms with van der Waals surface area (Å²) in [5, 5.41) is 6.71. The fourth-order valence-corrected chi connectivity index (χ4v) is 4.14. The van der Waals surface area contributed by atoms with E-state index in [2.05, 4.69) is 46.0 Å². The number of aldehydes is 1. The summed E-state index contributed by atoms with van der Waals surface area (Å²) in [7, 11) is 0. The zero-order valence-corrected chi connectivity index (χ0v) is 13.1. The highest BCUT2D eigenvalue weighted by atomic mass is 32.1. The Morgan fingerprint density at radius 2 is 1.95 bits per heavy atom. The van der Waals surface area contributed by atoms with E-state index in [0.717, 1.165) is 32.9 Å². The van der Waals surface area contributed by atoms with Crippen molar-refractivity contribution in [2.24, 2.45) is 0 Å². The molecule has 5 heteroatoms. The zero-order valence-electron chi connectivity index (χ0n) is 11.5. The lowest BCUT2D eigenvalue weighted by Crippen LogP contribution is -1.87. The summed E-state index contributed by atoms with van der Waals surface area (Å²) >= 11 is 3.20. The first-order valence-electron chi connectivity index (χ1n) is 6.80. The third-order valence-electron chi connectivity index (χ3n) is 3.43. The molecular weight excluding hydrogens is 312 g/mol. The largest absolute Gasteiger partial charge is 0.361 e. The number of H-pyrrole nitrogens is 1. The highest BCUT2D eigenvalue weighted by molar-refractivity contribution is 7.22. The summed E-state index contributed by atoms with van der Waals surface area (Å²) in [6.07, 6.45) is 2.84. The number of fused-ring (bicyclic) bond motifs is 1. The first kappa shape index (κ1) is 13.3. The van der Waals surface area contributed by atoms with Gasteiger partial charge < -0.3 is 10.3 Å². The van der Waals surface area contributed by atoms with Gasteiger partial charge in [-0.05, 0) is 42.5 Å². The minimum Gasteiger partial charge on any atom is -0.361 e. The molecule has 3 heterocycles. The number of anilines is 2. The lowest BCUT2D eigenvalue weighted by atomic mass is 10.2. The van der Waals surface area contributed by atoms with E-state index < -0.39 is 0 Å². The average Bonchev–Trinajstić information content (AvgIpc) is 3.26. The summed E-state index contributed by atoms with van der Waals surface area (Å²) in [6.45, 7) is 0. The SMILES string of the molecule is O=Cc1ccc(-c2cc(Nc3ccc4[nH]ccc4c3)cs2)s1. The third kappa shape index (κ3) is 2.45. The van der Waals surface area contributed by atoms with E-state index in [1.807, 2.05) is 18.3 Å².